The number of nitrogens with one attached hydrogen (secondary N) is 1. The zero-order valence-corrected chi connectivity index (χ0v) is 12.1. The van der Waals surface area contributed by atoms with Gasteiger partial charge in [-0.1, -0.05) is 6.42 Å². The molecule has 0 spiro atoms. The van der Waals surface area contributed by atoms with Crippen LogP contribution >= 0.6 is 0 Å². The molecule has 2 atom stereocenters. The van der Waals surface area contributed by atoms with Gasteiger partial charge in [0.2, 0.25) is 10.0 Å². The highest BCUT2D eigenvalue weighted by molar-refractivity contribution is 7.89. The SMILES string of the molecule is Nc1ncccc1S(=O)(=O)NC1CCN2CCCCC12. The topological polar surface area (TPSA) is 88.3 Å². The van der Waals surface area contributed by atoms with Crippen molar-refractivity contribution >= 4 is 15.8 Å². The smallest absolute Gasteiger partial charge is 0.244 e. The van der Waals surface area contributed by atoms with Gasteiger partial charge in [0.25, 0.3) is 0 Å². The first-order valence-corrected chi connectivity index (χ1v) is 8.53. The molecule has 20 heavy (non-hydrogen) atoms. The number of hydrogen-bond donors (Lipinski definition) is 2. The van der Waals surface area contributed by atoms with E-state index >= 15 is 0 Å². The monoisotopic (exact) mass is 296 g/mol. The van der Waals surface area contributed by atoms with E-state index in [2.05, 4.69) is 14.6 Å². The van der Waals surface area contributed by atoms with Crippen molar-refractivity contribution in [2.24, 2.45) is 0 Å². The van der Waals surface area contributed by atoms with Crippen molar-refractivity contribution in [3.63, 3.8) is 0 Å². The van der Waals surface area contributed by atoms with Crippen molar-refractivity contribution in [1.82, 2.24) is 14.6 Å². The fraction of sp³-hybridized carbons (Fsp3) is 0.615. The second-order valence-electron chi connectivity index (χ2n) is 5.50. The summed E-state index contributed by atoms with van der Waals surface area (Å²) in [6.07, 6.45) is 5.81. The molecule has 1 aromatic heterocycles. The highest BCUT2D eigenvalue weighted by atomic mass is 32.2. The van der Waals surface area contributed by atoms with Crippen molar-refractivity contribution in [2.75, 3.05) is 18.8 Å². The molecule has 3 rings (SSSR count). The summed E-state index contributed by atoms with van der Waals surface area (Å²) in [6, 6.07) is 3.40. The molecule has 7 heteroatoms. The van der Waals surface area contributed by atoms with Gasteiger partial charge in [0, 0.05) is 24.8 Å². The number of pyridine rings is 1. The number of fused-ring (bicyclic) bond motifs is 1. The fourth-order valence-corrected chi connectivity index (χ4v) is 4.66. The van der Waals surface area contributed by atoms with Gasteiger partial charge >= 0.3 is 0 Å². The van der Waals surface area contributed by atoms with Crippen LogP contribution in [0.1, 0.15) is 25.7 Å². The van der Waals surface area contributed by atoms with Crippen molar-refractivity contribution in [3.05, 3.63) is 18.3 Å². The van der Waals surface area contributed by atoms with E-state index in [9.17, 15) is 8.42 Å². The van der Waals surface area contributed by atoms with Crippen molar-refractivity contribution in [2.45, 2.75) is 42.7 Å². The molecule has 110 valence electrons. The molecule has 0 saturated carbocycles. The Bertz CT molecular complexity index is 590. The molecule has 3 N–H and O–H groups in total. The van der Waals surface area contributed by atoms with Crippen LogP contribution in [-0.4, -0.2) is 43.5 Å². The molecule has 6 nitrogen and oxygen atoms in total. The normalized spacial score (nSPS) is 27.4. The summed E-state index contributed by atoms with van der Waals surface area (Å²) in [5.74, 6) is 0.0542. The van der Waals surface area contributed by atoms with Crippen LogP contribution in [0.15, 0.2) is 23.2 Å². The maximum atomic E-state index is 12.4. The Labute approximate surface area is 119 Å². The molecule has 0 radical (unpaired) electrons. The van der Waals surface area contributed by atoms with Crippen LogP contribution in [-0.2, 0) is 10.0 Å². The number of piperidine rings is 1. The molecule has 3 heterocycles. The minimum atomic E-state index is -3.59. The molecule has 0 amide bonds. The van der Waals surface area contributed by atoms with Crippen molar-refractivity contribution < 1.29 is 8.42 Å². The lowest BCUT2D eigenvalue weighted by Crippen LogP contribution is -2.46. The average Bonchev–Trinajstić information content (AvgIpc) is 2.82. The van der Waals surface area contributed by atoms with Gasteiger partial charge in [0.1, 0.15) is 10.7 Å². The molecule has 2 saturated heterocycles. The average molecular weight is 296 g/mol. The predicted molar refractivity (Wildman–Crippen MR) is 76.6 cm³/mol. The quantitative estimate of drug-likeness (QED) is 0.851. The number of nitrogens with two attached hydrogens (primary N) is 1. The van der Waals surface area contributed by atoms with E-state index in [0.717, 1.165) is 25.9 Å². The molecular formula is C13H20N4O2S. The third-order valence-electron chi connectivity index (χ3n) is 4.25. The summed E-state index contributed by atoms with van der Waals surface area (Å²) >= 11 is 0. The Balaban J connectivity index is 1.79. The van der Waals surface area contributed by atoms with E-state index in [-0.39, 0.29) is 16.8 Å². The molecule has 2 unspecified atom stereocenters. The highest BCUT2D eigenvalue weighted by Crippen LogP contribution is 2.28. The van der Waals surface area contributed by atoms with Gasteiger partial charge in [-0.05, 0) is 37.9 Å². The molecule has 1 aromatic rings. The molecule has 2 aliphatic rings. The van der Waals surface area contributed by atoms with Crippen LogP contribution < -0.4 is 10.5 Å². The molecular weight excluding hydrogens is 276 g/mol. The van der Waals surface area contributed by atoms with Gasteiger partial charge in [-0.25, -0.2) is 18.1 Å². The number of nitrogens with zero attached hydrogens (tertiary/aromatic N) is 2. The first-order chi connectivity index (χ1) is 9.58. The lowest BCUT2D eigenvalue weighted by molar-refractivity contribution is 0.186. The summed E-state index contributed by atoms with van der Waals surface area (Å²) in [7, 11) is -3.59. The van der Waals surface area contributed by atoms with Crippen LogP contribution in [0.2, 0.25) is 0 Å². The molecule has 0 bridgehead atoms. The van der Waals surface area contributed by atoms with Crippen molar-refractivity contribution in [3.8, 4) is 0 Å². The molecule has 0 aromatic carbocycles. The Morgan fingerprint density at radius 1 is 1.30 bits per heavy atom. The summed E-state index contributed by atoms with van der Waals surface area (Å²) in [4.78, 5) is 6.32. The minimum Gasteiger partial charge on any atom is -0.383 e. The fourth-order valence-electron chi connectivity index (χ4n) is 3.28. The predicted octanol–water partition coefficient (Wildman–Crippen LogP) is 0.569. The number of aromatic nitrogens is 1. The Morgan fingerprint density at radius 3 is 2.95 bits per heavy atom. The van der Waals surface area contributed by atoms with Gasteiger partial charge in [0.15, 0.2) is 0 Å². The number of rotatable bonds is 3. The summed E-state index contributed by atoms with van der Waals surface area (Å²) in [5, 5.41) is 0. The summed E-state index contributed by atoms with van der Waals surface area (Å²) < 4.78 is 27.7. The van der Waals surface area contributed by atoms with Crippen LogP contribution in [0.4, 0.5) is 5.82 Å². The number of hydrogen-bond acceptors (Lipinski definition) is 5. The third kappa shape index (κ3) is 2.53. The molecule has 2 aliphatic heterocycles. The van der Waals surface area contributed by atoms with Crippen LogP contribution in [0.3, 0.4) is 0 Å². The summed E-state index contributed by atoms with van der Waals surface area (Å²) in [5.41, 5.74) is 5.67. The maximum absolute atomic E-state index is 12.4. The standard InChI is InChI=1S/C13H20N4O2S/c14-13-12(5-3-7-15-13)20(18,19)16-10-6-9-17-8-2-1-4-11(10)17/h3,5,7,10-11,16H,1-2,4,6,8-9H2,(H2,14,15). The third-order valence-corrected chi connectivity index (χ3v) is 5.79. The van der Waals surface area contributed by atoms with E-state index in [1.54, 1.807) is 6.07 Å². The van der Waals surface area contributed by atoms with Crippen LogP contribution in [0, 0.1) is 0 Å². The van der Waals surface area contributed by atoms with E-state index in [0.29, 0.717) is 6.04 Å². The van der Waals surface area contributed by atoms with Gasteiger partial charge < -0.3 is 5.73 Å². The maximum Gasteiger partial charge on any atom is 0.244 e. The molecule has 2 fully saturated rings. The number of nitrogen functional groups attached to an aromatic ring is 1. The Morgan fingerprint density at radius 2 is 2.15 bits per heavy atom. The van der Waals surface area contributed by atoms with Gasteiger partial charge in [-0.15, -0.1) is 0 Å². The van der Waals surface area contributed by atoms with Gasteiger partial charge in [-0.3, -0.25) is 4.90 Å². The van der Waals surface area contributed by atoms with E-state index in [1.165, 1.54) is 25.1 Å². The lowest BCUT2D eigenvalue weighted by atomic mass is 10.00. The minimum absolute atomic E-state index is 0.0140. The second kappa shape index (κ2) is 5.31. The van der Waals surface area contributed by atoms with Gasteiger partial charge in [-0.2, -0.15) is 0 Å². The van der Waals surface area contributed by atoms with Crippen LogP contribution in [0.25, 0.3) is 0 Å². The first kappa shape index (κ1) is 13.8. The molecule has 0 aliphatic carbocycles. The van der Waals surface area contributed by atoms with E-state index < -0.39 is 10.0 Å². The van der Waals surface area contributed by atoms with E-state index in [1.807, 2.05) is 0 Å². The first-order valence-electron chi connectivity index (χ1n) is 7.05. The zero-order valence-electron chi connectivity index (χ0n) is 11.3. The highest BCUT2D eigenvalue weighted by Gasteiger charge is 2.38. The lowest BCUT2D eigenvalue weighted by Gasteiger charge is -2.32. The Kier molecular flexibility index (Phi) is 3.66. The van der Waals surface area contributed by atoms with E-state index in [4.69, 9.17) is 5.73 Å². The number of sulfonamides is 1. The summed E-state index contributed by atoms with van der Waals surface area (Å²) in [6.45, 7) is 2.05. The Hall–Kier alpha value is -1.18. The van der Waals surface area contributed by atoms with Gasteiger partial charge in [0.05, 0.1) is 0 Å². The number of anilines is 1. The van der Waals surface area contributed by atoms with Crippen LogP contribution in [0.5, 0.6) is 0 Å². The largest absolute Gasteiger partial charge is 0.383 e. The second-order valence-corrected chi connectivity index (χ2v) is 7.18. The zero-order chi connectivity index (χ0) is 14.2. The van der Waals surface area contributed by atoms with Crippen molar-refractivity contribution in [1.29, 1.82) is 0 Å².